The van der Waals surface area contributed by atoms with Gasteiger partial charge < -0.3 is 14.9 Å². The van der Waals surface area contributed by atoms with Crippen molar-refractivity contribution in [3.8, 4) is 0 Å². The normalized spacial score (nSPS) is 47.8. The van der Waals surface area contributed by atoms with E-state index in [4.69, 9.17) is 4.74 Å². The summed E-state index contributed by atoms with van der Waals surface area (Å²) >= 11 is 0. The van der Waals surface area contributed by atoms with Gasteiger partial charge in [-0.25, -0.2) is 0 Å². The smallest absolute Gasteiger partial charge is 0.168 e. The molecule has 0 aromatic rings. The first kappa shape index (κ1) is 10.4. The van der Waals surface area contributed by atoms with Crippen molar-refractivity contribution in [3.63, 3.8) is 0 Å². The van der Waals surface area contributed by atoms with Gasteiger partial charge in [-0.3, -0.25) is 0 Å². The summed E-state index contributed by atoms with van der Waals surface area (Å²) in [7, 11) is 0. The molecule has 14 heavy (non-hydrogen) atoms. The van der Waals surface area contributed by atoms with Crippen molar-refractivity contribution in [2.75, 3.05) is 6.61 Å². The molecule has 1 aliphatic heterocycles. The molecule has 2 N–H and O–H groups in total. The minimum Gasteiger partial charge on any atom is -0.393 e. The van der Waals surface area contributed by atoms with Crippen LogP contribution < -0.4 is 0 Å². The fourth-order valence-corrected chi connectivity index (χ4v) is 2.97. The summed E-state index contributed by atoms with van der Waals surface area (Å²) in [5.41, 5.74) is 0. The maximum Gasteiger partial charge on any atom is 0.168 e. The molecule has 0 aromatic carbocycles. The van der Waals surface area contributed by atoms with Crippen molar-refractivity contribution in [1.29, 1.82) is 0 Å². The largest absolute Gasteiger partial charge is 0.393 e. The van der Waals surface area contributed by atoms with Crippen molar-refractivity contribution in [2.45, 2.75) is 44.0 Å². The fourth-order valence-electron chi connectivity index (χ4n) is 2.97. The Morgan fingerprint density at radius 3 is 2.93 bits per heavy atom. The van der Waals surface area contributed by atoms with E-state index < -0.39 is 5.79 Å². The van der Waals surface area contributed by atoms with Gasteiger partial charge in [-0.1, -0.05) is 13.3 Å². The Morgan fingerprint density at radius 1 is 1.43 bits per heavy atom. The van der Waals surface area contributed by atoms with Crippen molar-refractivity contribution in [2.24, 2.45) is 11.8 Å². The number of aliphatic hydroxyl groups is 2. The van der Waals surface area contributed by atoms with Crippen LogP contribution >= 0.6 is 0 Å². The van der Waals surface area contributed by atoms with Crippen LogP contribution in [0.3, 0.4) is 0 Å². The molecular formula is C11H19O3. The summed E-state index contributed by atoms with van der Waals surface area (Å²) in [5.74, 6) is -0.652. The fraction of sp³-hybridized carbons (Fsp3) is 0.909. The van der Waals surface area contributed by atoms with Crippen molar-refractivity contribution >= 4 is 0 Å². The molecule has 2 rings (SSSR count). The predicted octanol–water partition coefficient (Wildman–Crippen LogP) is 1.10. The Hall–Kier alpha value is -0.120. The Labute approximate surface area is 85.1 Å². The van der Waals surface area contributed by atoms with Crippen LogP contribution in [0, 0.1) is 18.8 Å². The van der Waals surface area contributed by atoms with E-state index in [-0.39, 0.29) is 17.9 Å². The molecule has 3 nitrogen and oxygen atoms in total. The van der Waals surface area contributed by atoms with Crippen LogP contribution in [0.1, 0.15) is 32.1 Å². The van der Waals surface area contributed by atoms with E-state index in [1.807, 2.05) is 0 Å². The molecule has 1 heterocycles. The topological polar surface area (TPSA) is 49.7 Å². The highest BCUT2D eigenvalue weighted by molar-refractivity contribution is 4.95. The third kappa shape index (κ3) is 1.58. The van der Waals surface area contributed by atoms with Crippen LogP contribution in [0.2, 0.25) is 0 Å². The Kier molecular flexibility index (Phi) is 2.82. The van der Waals surface area contributed by atoms with E-state index in [0.717, 1.165) is 19.3 Å². The first-order chi connectivity index (χ1) is 6.67. The van der Waals surface area contributed by atoms with Gasteiger partial charge in [-0.15, -0.1) is 0 Å². The molecule has 3 heteroatoms. The molecule has 2 fully saturated rings. The molecule has 1 saturated heterocycles. The summed E-state index contributed by atoms with van der Waals surface area (Å²) in [6, 6.07) is 0. The highest BCUT2D eigenvalue weighted by atomic mass is 16.6. The van der Waals surface area contributed by atoms with Crippen LogP contribution in [-0.2, 0) is 4.74 Å². The summed E-state index contributed by atoms with van der Waals surface area (Å²) in [6.07, 6.45) is 3.53. The van der Waals surface area contributed by atoms with E-state index in [1.165, 1.54) is 0 Å². The molecule has 2 aliphatic rings. The van der Waals surface area contributed by atoms with Crippen LogP contribution in [0.15, 0.2) is 0 Å². The maximum absolute atomic E-state index is 10.2. The first-order valence-electron chi connectivity index (χ1n) is 5.51. The van der Waals surface area contributed by atoms with Gasteiger partial charge >= 0.3 is 0 Å². The minimum atomic E-state index is -0.945. The van der Waals surface area contributed by atoms with Gasteiger partial charge in [0.05, 0.1) is 12.7 Å². The molecule has 4 atom stereocenters. The zero-order valence-electron chi connectivity index (χ0n) is 8.48. The average molecular weight is 199 g/mol. The molecule has 1 radical (unpaired) electrons. The van der Waals surface area contributed by atoms with Gasteiger partial charge in [0.15, 0.2) is 5.79 Å². The molecule has 0 bridgehead atoms. The number of hydrogen-bond acceptors (Lipinski definition) is 3. The number of rotatable bonds is 2. The molecule has 1 aliphatic carbocycles. The first-order valence-corrected chi connectivity index (χ1v) is 5.51. The summed E-state index contributed by atoms with van der Waals surface area (Å²) in [4.78, 5) is 0. The average Bonchev–Trinajstić information content (AvgIpc) is 2.54. The van der Waals surface area contributed by atoms with Crippen molar-refractivity contribution < 1.29 is 14.9 Å². The van der Waals surface area contributed by atoms with Gasteiger partial charge in [0.25, 0.3) is 0 Å². The van der Waals surface area contributed by atoms with Crippen molar-refractivity contribution in [3.05, 3.63) is 6.92 Å². The molecule has 81 valence electrons. The Balaban J connectivity index is 2.12. The van der Waals surface area contributed by atoms with Crippen molar-refractivity contribution in [1.82, 2.24) is 0 Å². The number of hydrogen-bond donors (Lipinski definition) is 2. The third-order valence-corrected chi connectivity index (χ3v) is 3.71. The van der Waals surface area contributed by atoms with Gasteiger partial charge in [0.1, 0.15) is 0 Å². The summed E-state index contributed by atoms with van der Waals surface area (Å²) < 4.78 is 5.39. The van der Waals surface area contributed by atoms with Gasteiger partial charge in [-0.2, -0.15) is 0 Å². The highest BCUT2D eigenvalue weighted by Gasteiger charge is 2.51. The number of ether oxygens (including phenoxy) is 1. The quantitative estimate of drug-likeness (QED) is 0.700. The molecular weight excluding hydrogens is 180 g/mol. The highest BCUT2D eigenvalue weighted by Crippen LogP contribution is 2.46. The van der Waals surface area contributed by atoms with Gasteiger partial charge in [0, 0.05) is 12.3 Å². The summed E-state index contributed by atoms with van der Waals surface area (Å²) in [6.45, 7) is 4.44. The molecule has 4 unspecified atom stereocenters. The minimum absolute atomic E-state index is 0.119. The van der Waals surface area contributed by atoms with Crippen LogP contribution in [0.5, 0.6) is 0 Å². The third-order valence-electron chi connectivity index (χ3n) is 3.71. The monoisotopic (exact) mass is 199 g/mol. The lowest BCUT2D eigenvalue weighted by molar-refractivity contribution is -0.234. The second-order valence-electron chi connectivity index (χ2n) is 4.50. The lowest BCUT2D eigenvalue weighted by Gasteiger charge is -2.41. The van der Waals surface area contributed by atoms with E-state index in [9.17, 15) is 10.2 Å². The molecule has 0 amide bonds. The van der Waals surface area contributed by atoms with E-state index >= 15 is 0 Å². The van der Waals surface area contributed by atoms with Gasteiger partial charge in [0.2, 0.25) is 0 Å². The predicted molar refractivity (Wildman–Crippen MR) is 52.3 cm³/mol. The van der Waals surface area contributed by atoms with Crippen LogP contribution in [0.25, 0.3) is 0 Å². The van der Waals surface area contributed by atoms with E-state index in [2.05, 4.69) is 6.92 Å². The van der Waals surface area contributed by atoms with Crippen LogP contribution in [-0.4, -0.2) is 28.7 Å². The number of fused-ring (bicyclic) bond motifs is 1. The standard InChI is InChI=1S/C11H19O3/c1-2-3-8-9-5-7-14-11(9,13)6-4-10(8)12/h8-10,12-13H,1-7H2. The molecule has 1 saturated carbocycles. The summed E-state index contributed by atoms with van der Waals surface area (Å²) in [5, 5.41) is 20.0. The lowest BCUT2D eigenvalue weighted by Crippen LogP contribution is -2.48. The Morgan fingerprint density at radius 2 is 2.21 bits per heavy atom. The number of aliphatic hydroxyl groups excluding tert-OH is 1. The van der Waals surface area contributed by atoms with Crippen LogP contribution in [0.4, 0.5) is 0 Å². The second kappa shape index (κ2) is 3.80. The lowest BCUT2D eigenvalue weighted by atomic mass is 9.71. The molecule has 0 spiro atoms. The van der Waals surface area contributed by atoms with E-state index in [0.29, 0.717) is 19.4 Å². The zero-order chi connectivity index (χ0) is 10.2. The van der Waals surface area contributed by atoms with E-state index in [1.54, 1.807) is 0 Å². The molecule has 0 aromatic heterocycles. The SMILES string of the molecule is [CH2]CCC1C(O)CCC2(O)OCCC12. The second-order valence-corrected chi connectivity index (χ2v) is 4.50. The maximum atomic E-state index is 10.2. The van der Waals surface area contributed by atoms with Gasteiger partial charge in [-0.05, 0) is 25.2 Å². The zero-order valence-corrected chi connectivity index (χ0v) is 8.48. The Bertz CT molecular complexity index is 207.